The Bertz CT molecular complexity index is 464. The van der Waals surface area contributed by atoms with Gasteiger partial charge in [0, 0.05) is 9.89 Å². The number of rotatable bonds is 3. The first-order valence-corrected chi connectivity index (χ1v) is 6.73. The molecule has 0 atom stereocenters. The van der Waals surface area contributed by atoms with Crippen molar-refractivity contribution in [1.29, 1.82) is 0 Å². The Morgan fingerprint density at radius 1 is 1.41 bits per heavy atom. The molecule has 2 rings (SSSR count). The van der Waals surface area contributed by atoms with E-state index in [2.05, 4.69) is 28.1 Å². The quantitative estimate of drug-likeness (QED) is 0.924. The van der Waals surface area contributed by atoms with E-state index in [-0.39, 0.29) is 11.8 Å². The van der Waals surface area contributed by atoms with Crippen molar-refractivity contribution in [3.63, 3.8) is 0 Å². The van der Waals surface area contributed by atoms with Crippen LogP contribution >= 0.6 is 15.9 Å². The Hall–Kier alpha value is -0.830. The Morgan fingerprint density at radius 3 is 2.76 bits per heavy atom. The third kappa shape index (κ3) is 2.54. The van der Waals surface area contributed by atoms with Crippen LogP contribution in [0.1, 0.15) is 43.4 Å². The lowest BCUT2D eigenvalue weighted by atomic mass is 9.78. The van der Waals surface area contributed by atoms with Crippen LogP contribution in [0, 0.1) is 0 Å². The SMILES string of the molecule is CC(C)(CC(=O)O)c1cc(Br)cc2c1CCC2. The highest BCUT2D eigenvalue weighted by Crippen LogP contribution is 2.37. The zero-order valence-corrected chi connectivity index (χ0v) is 11.8. The topological polar surface area (TPSA) is 37.3 Å². The molecule has 0 aromatic heterocycles. The number of fused-ring (bicyclic) bond motifs is 1. The largest absolute Gasteiger partial charge is 0.481 e. The van der Waals surface area contributed by atoms with Crippen LogP contribution in [-0.4, -0.2) is 11.1 Å². The molecule has 0 aliphatic heterocycles. The molecule has 92 valence electrons. The molecule has 0 saturated heterocycles. The van der Waals surface area contributed by atoms with Crippen LogP contribution in [0.25, 0.3) is 0 Å². The summed E-state index contributed by atoms with van der Waals surface area (Å²) in [5.74, 6) is -0.735. The lowest BCUT2D eigenvalue weighted by Crippen LogP contribution is -2.23. The van der Waals surface area contributed by atoms with Gasteiger partial charge in [0.2, 0.25) is 0 Å². The maximum Gasteiger partial charge on any atom is 0.304 e. The standard InChI is InChI=1S/C14H17BrO2/c1-14(2,8-13(16)17)12-7-10(15)6-9-4-3-5-11(9)12/h6-7H,3-5,8H2,1-2H3,(H,16,17). The zero-order chi connectivity index (χ0) is 12.6. The number of halogens is 1. The Morgan fingerprint density at radius 2 is 2.12 bits per heavy atom. The van der Waals surface area contributed by atoms with Crippen molar-refractivity contribution in [3.05, 3.63) is 33.3 Å². The van der Waals surface area contributed by atoms with Crippen molar-refractivity contribution in [1.82, 2.24) is 0 Å². The molecule has 0 heterocycles. The van der Waals surface area contributed by atoms with Crippen molar-refractivity contribution in [3.8, 4) is 0 Å². The smallest absolute Gasteiger partial charge is 0.304 e. The lowest BCUT2D eigenvalue weighted by molar-refractivity contribution is -0.138. The van der Waals surface area contributed by atoms with Crippen molar-refractivity contribution < 1.29 is 9.90 Å². The van der Waals surface area contributed by atoms with Crippen LogP contribution in [0.4, 0.5) is 0 Å². The predicted octanol–water partition coefficient (Wildman–Crippen LogP) is 3.69. The molecule has 0 saturated carbocycles. The maximum absolute atomic E-state index is 11.0. The second kappa shape index (κ2) is 4.45. The van der Waals surface area contributed by atoms with E-state index in [1.807, 2.05) is 13.8 Å². The number of aliphatic carboxylic acids is 1. The highest BCUT2D eigenvalue weighted by Gasteiger charge is 2.29. The summed E-state index contributed by atoms with van der Waals surface area (Å²) in [5.41, 5.74) is 3.65. The average Bonchev–Trinajstić information content (AvgIpc) is 2.61. The van der Waals surface area contributed by atoms with Crippen LogP contribution in [-0.2, 0) is 23.1 Å². The molecule has 0 radical (unpaired) electrons. The molecule has 1 aliphatic rings. The van der Waals surface area contributed by atoms with E-state index >= 15 is 0 Å². The Balaban J connectivity index is 2.48. The van der Waals surface area contributed by atoms with Gasteiger partial charge in [0.25, 0.3) is 0 Å². The fraction of sp³-hybridized carbons (Fsp3) is 0.500. The van der Waals surface area contributed by atoms with Crippen LogP contribution in [0.15, 0.2) is 16.6 Å². The first-order chi connectivity index (χ1) is 7.90. The third-order valence-electron chi connectivity index (χ3n) is 3.50. The van der Waals surface area contributed by atoms with Crippen LogP contribution in [0.2, 0.25) is 0 Å². The summed E-state index contributed by atoms with van der Waals surface area (Å²) in [5, 5.41) is 9.02. The molecule has 0 bridgehead atoms. The highest BCUT2D eigenvalue weighted by atomic mass is 79.9. The van der Waals surface area contributed by atoms with Gasteiger partial charge in [0.15, 0.2) is 0 Å². The molecular weight excluding hydrogens is 280 g/mol. The van der Waals surface area contributed by atoms with Crippen molar-refractivity contribution in [2.24, 2.45) is 0 Å². The normalized spacial score (nSPS) is 14.8. The summed E-state index contributed by atoms with van der Waals surface area (Å²) in [6.07, 6.45) is 3.56. The van der Waals surface area contributed by atoms with Crippen LogP contribution in [0.5, 0.6) is 0 Å². The highest BCUT2D eigenvalue weighted by molar-refractivity contribution is 9.10. The van der Waals surface area contributed by atoms with Crippen molar-refractivity contribution in [2.75, 3.05) is 0 Å². The summed E-state index contributed by atoms with van der Waals surface area (Å²) in [6.45, 7) is 4.03. The van der Waals surface area contributed by atoms with Crippen LogP contribution < -0.4 is 0 Å². The third-order valence-corrected chi connectivity index (χ3v) is 3.96. The summed E-state index contributed by atoms with van der Waals surface area (Å²) >= 11 is 3.53. The number of carbonyl (C=O) groups is 1. The minimum absolute atomic E-state index is 0.176. The van der Waals surface area contributed by atoms with Gasteiger partial charge in [-0.3, -0.25) is 4.79 Å². The summed E-state index contributed by atoms with van der Waals surface area (Å²) in [7, 11) is 0. The fourth-order valence-electron chi connectivity index (χ4n) is 2.74. The second-order valence-corrected chi connectivity index (χ2v) is 6.31. The van der Waals surface area contributed by atoms with Gasteiger partial charge in [-0.25, -0.2) is 0 Å². The van der Waals surface area contributed by atoms with E-state index < -0.39 is 5.97 Å². The van der Waals surface area contributed by atoms with Gasteiger partial charge in [-0.2, -0.15) is 0 Å². The molecule has 1 N–H and O–H groups in total. The van der Waals surface area contributed by atoms with Gasteiger partial charge in [-0.15, -0.1) is 0 Å². The van der Waals surface area contributed by atoms with Gasteiger partial charge < -0.3 is 5.11 Å². The molecule has 0 fully saturated rings. The first-order valence-electron chi connectivity index (χ1n) is 5.94. The average molecular weight is 297 g/mol. The molecule has 1 aromatic carbocycles. The maximum atomic E-state index is 11.0. The Kier molecular flexibility index (Phi) is 3.30. The number of carboxylic acid groups (broad SMARTS) is 1. The molecule has 0 spiro atoms. The van der Waals surface area contributed by atoms with Gasteiger partial charge in [0.1, 0.15) is 0 Å². The van der Waals surface area contributed by atoms with Gasteiger partial charge >= 0.3 is 5.97 Å². The molecule has 1 aliphatic carbocycles. The molecule has 0 unspecified atom stereocenters. The number of aryl methyl sites for hydroxylation is 1. The molecule has 17 heavy (non-hydrogen) atoms. The lowest BCUT2D eigenvalue weighted by Gasteiger charge is -2.26. The number of hydrogen-bond acceptors (Lipinski definition) is 1. The molecule has 3 heteroatoms. The van der Waals surface area contributed by atoms with E-state index in [9.17, 15) is 4.79 Å². The molecular formula is C14H17BrO2. The minimum Gasteiger partial charge on any atom is -0.481 e. The second-order valence-electron chi connectivity index (χ2n) is 5.40. The Labute approximate surface area is 110 Å². The van der Waals surface area contributed by atoms with E-state index in [0.29, 0.717) is 0 Å². The number of carboxylic acids is 1. The van der Waals surface area contributed by atoms with Crippen molar-refractivity contribution >= 4 is 21.9 Å². The molecule has 2 nitrogen and oxygen atoms in total. The van der Waals surface area contributed by atoms with E-state index in [1.54, 1.807) is 0 Å². The first kappa shape index (κ1) is 12.6. The van der Waals surface area contributed by atoms with Gasteiger partial charge in [-0.1, -0.05) is 29.8 Å². The summed E-state index contributed by atoms with van der Waals surface area (Å²) in [4.78, 5) is 11.0. The molecule has 1 aromatic rings. The van der Waals surface area contributed by atoms with E-state index in [1.165, 1.54) is 23.1 Å². The number of benzene rings is 1. The number of hydrogen-bond donors (Lipinski definition) is 1. The fourth-order valence-corrected chi connectivity index (χ4v) is 3.25. The van der Waals surface area contributed by atoms with Crippen molar-refractivity contribution in [2.45, 2.75) is 44.9 Å². The summed E-state index contributed by atoms with van der Waals surface area (Å²) in [6, 6.07) is 4.26. The van der Waals surface area contributed by atoms with Crippen LogP contribution in [0.3, 0.4) is 0 Å². The van der Waals surface area contributed by atoms with E-state index in [4.69, 9.17) is 5.11 Å². The minimum atomic E-state index is -0.735. The molecule has 0 amide bonds. The monoisotopic (exact) mass is 296 g/mol. The van der Waals surface area contributed by atoms with E-state index in [0.717, 1.165) is 17.3 Å². The predicted molar refractivity (Wildman–Crippen MR) is 71.4 cm³/mol. The summed E-state index contributed by atoms with van der Waals surface area (Å²) < 4.78 is 1.06. The van der Waals surface area contributed by atoms with Gasteiger partial charge in [0.05, 0.1) is 6.42 Å². The zero-order valence-electron chi connectivity index (χ0n) is 10.2. The van der Waals surface area contributed by atoms with Gasteiger partial charge in [-0.05, 0) is 48.1 Å².